The summed E-state index contributed by atoms with van der Waals surface area (Å²) in [6.07, 6.45) is 7.79. The molecule has 0 saturated carbocycles. The molecule has 0 atom stereocenters. The first kappa shape index (κ1) is 33.9. The Hall–Kier alpha value is -2.61. The van der Waals surface area contributed by atoms with Crippen LogP contribution in [0.2, 0.25) is 0 Å². The van der Waals surface area contributed by atoms with Crippen molar-refractivity contribution in [1.29, 1.82) is 0 Å². The van der Waals surface area contributed by atoms with Crippen molar-refractivity contribution in [2.24, 2.45) is 0 Å². The average molecular weight is 627 g/mol. The molecule has 0 spiro atoms. The van der Waals surface area contributed by atoms with E-state index in [-0.39, 0.29) is 35.6 Å². The topological polar surface area (TPSA) is 0 Å². The number of allylic oxidation sites excluding steroid dienone is 4. The molecule has 1 aliphatic rings. The number of hydrogen-bond donors (Lipinski definition) is 0. The zero-order valence-corrected chi connectivity index (χ0v) is 28.5. The van der Waals surface area contributed by atoms with Crippen molar-refractivity contribution in [2.45, 2.75) is 58.8 Å². The Morgan fingerprint density at radius 1 is 0.690 bits per heavy atom. The van der Waals surface area contributed by atoms with Gasteiger partial charge in [-0.15, -0.1) is 33.7 Å². The van der Waals surface area contributed by atoms with E-state index in [9.17, 15) is 0 Å². The van der Waals surface area contributed by atoms with Gasteiger partial charge in [0, 0.05) is 0 Å². The number of fused-ring (bicyclic) bond motifs is 3. The summed E-state index contributed by atoms with van der Waals surface area (Å²) in [5, 5.41) is 5.54. The molecule has 0 fully saturated rings. The zero-order chi connectivity index (χ0) is 28.5. The minimum absolute atomic E-state index is 0. The number of benzene rings is 4. The van der Waals surface area contributed by atoms with Gasteiger partial charge in [0.1, 0.15) is 0 Å². The van der Waals surface area contributed by atoms with Crippen LogP contribution >= 0.6 is 0 Å². The molecule has 42 heavy (non-hydrogen) atoms. The van der Waals surface area contributed by atoms with Gasteiger partial charge in [0.15, 0.2) is 0 Å². The molecule has 0 amide bonds. The van der Waals surface area contributed by atoms with E-state index in [1.165, 1.54) is 58.7 Å². The summed E-state index contributed by atoms with van der Waals surface area (Å²) >= 11 is 2.16. The molecular formula is C39H39Cl2Ti-. The number of halogens is 2. The van der Waals surface area contributed by atoms with E-state index in [1.54, 1.807) is 0 Å². The van der Waals surface area contributed by atoms with E-state index < -0.39 is 0 Å². The van der Waals surface area contributed by atoms with Gasteiger partial charge in [-0.3, -0.25) is 0 Å². The van der Waals surface area contributed by atoms with Crippen molar-refractivity contribution in [2.75, 3.05) is 0 Å². The molecule has 214 valence electrons. The van der Waals surface area contributed by atoms with Gasteiger partial charge in [-0.05, 0) is 17.3 Å². The van der Waals surface area contributed by atoms with E-state index in [0.717, 1.165) is 6.42 Å². The maximum absolute atomic E-state index is 2.42. The second kappa shape index (κ2) is 13.8. The minimum atomic E-state index is 0. The Bertz CT molecular complexity index is 1680. The monoisotopic (exact) mass is 625 g/mol. The van der Waals surface area contributed by atoms with Gasteiger partial charge in [0.25, 0.3) is 0 Å². The van der Waals surface area contributed by atoms with Crippen molar-refractivity contribution in [3.63, 3.8) is 0 Å². The summed E-state index contributed by atoms with van der Waals surface area (Å²) < 4.78 is 1.33. The van der Waals surface area contributed by atoms with Crippen molar-refractivity contribution in [1.82, 2.24) is 0 Å². The average Bonchev–Trinajstić information content (AvgIpc) is 3.60. The standard InChI is InChI=1S/C26H29.C13H10.2ClH.Ti/c1-25(2,3)19-11-12-20-18(15-19)16-22-21(20)13-14-23(26(4,5)6)24(22)17-9-7-8-10-17;1-3-7-12(8-4-1)11-13-9-5-2-6-10-13;;;/h7-9,11-16H,10H2,1-6H3;1-10H;2*1H;/q-1;;;;+2/p-2. The number of hydrogen-bond acceptors (Lipinski definition) is 0. The summed E-state index contributed by atoms with van der Waals surface area (Å²) in [6, 6.07) is 35.1. The Kier molecular flexibility index (Phi) is 11.1. The third-order valence-electron chi connectivity index (χ3n) is 7.78. The summed E-state index contributed by atoms with van der Waals surface area (Å²) in [7, 11) is 0. The van der Waals surface area contributed by atoms with Gasteiger partial charge in [-0.1, -0.05) is 106 Å². The summed E-state index contributed by atoms with van der Waals surface area (Å²) in [4.78, 5) is 0. The molecule has 0 aromatic heterocycles. The van der Waals surface area contributed by atoms with Gasteiger partial charge in [-0.25, -0.2) is 0 Å². The maximum atomic E-state index is 2.42. The fraction of sp³-hybridized carbons (Fsp3) is 0.231. The molecule has 0 bridgehead atoms. The predicted molar refractivity (Wildman–Crippen MR) is 172 cm³/mol. The first-order valence-electron chi connectivity index (χ1n) is 14.3. The number of rotatable bonds is 3. The van der Waals surface area contributed by atoms with Crippen LogP contribution in [0.15, 0.2) is 115 Å². The normalized spacial score (nSPS) is 12.7. The van der Waals surface area contributed by atoms with Crippen LogP contribution in [0.4, 0.5) is 0 Å². The first-order chi connectivity index (χ1) is 19.0. The van der Waals surface area contributed by atoms with E-state index in [1.807, 2.05) is 12.1 Å². The van der Waals surface area contributed by atoms with Crippen molar-refractivity contribution in [3.05, 3.63) is 143 Å². The molecule has 1 aliphatic carbocycles. The molecule has 0 aliphatic heterocycles. The first-order valence-corrected chi connectivity index (χ1v) is 15.0. The zero-order valence-electron chi connectivity index (χ0n) is 25.4. The third kappa shape index (κ3) is 7.30. The molecule has 3 heteroatoms. The summed E-state index contributed by atoms with van der Waals surface area (Å²) in [5.41, 5.74) is 8.64. The Labute approximate surface area is 276 Å². The van der Waals surface area contributed by atoms with Crippen molar-refractivity contribution in [3.8, 4) is 0 Å². The molecule has 5 aromatic rings. The summed E-state index contributed by atoms with van der Waals surface area (Å²) in [6.45, 7) is 13.8. The fourth-order valence-electron chi connectivity index (χ4n) is 5.53. The molecule has 0 heterocycles. The quantitative estimate of drug-likeness (QED) is 0.205. The Morgan fingerprint density at radius 3 is 1.76 bits per heavy atom. The van der Waals surface area contributed by atoms with Crippen LogP contribution in [0.3, 0.4) is 0 Å². The molecular weight excluding hydrogens is 587 g/mol. The molecule has 0 saturated heterocycles. The second-order valence-corrected chi connectivity index (χ2v) is 13.6. The summed E-state index contributed by atoms with van der Waals surface area (Å²) in [5.74, 6) is 0. The predicted octanol–water partition coefficient (Wildman–Crippen LogP) is 4.46. The van der Waals surface area contributed by atoms with Crippen LogP contribution in [0, 0.1) is 0 Å². The molecule has 5 aromatic carbocycles. The van der Waals surface area contributed by atoms with Crippen molar-refractivity contribution < 1.29 is 44.8 Å². The molecule has 0 radical (unpaired) electrons. The van der Waals surface area contributed by atoms with Gasteiger partial charge >= 0.3 is 95.6 Å². The van der Waals surface area contributed by atoms with Crippen molar-refractivity contribution >= 4 is 30.9 Å². The van der Waals surface area contributed by atoms with Gasteiger partial charge < -0.3 is 24.8 Å². The van der Waals surface area contributed by atoms with Crippen LogP contribution in [-0.4, -0.2) is 3.81 Å². The van der Waals surface area contributed by atoms with E-state index in [4.69, 9.17) is 0 Å². The molecule has 0 N–H and O–H groups in total. The third-order valence-corrected chi connectivity index (χ3v) is 8.68. The van der Waals surface area contributed by atoms with E-state index >= 15 is 0 Å². The van der Waals surface area contributed by atoms with Crippen LogP contribution < -0.4 is 24.8 Å². The van der Waals surface area contributed by atoms with Gasteiger partial charge in [-0.2, -0.15) is 0 Å². The van der Waals surface area contributed by atoms with Crippen LogP contribution in [0.5, 0.6) is 0 Å². The van der Waals surface area contributed by atoms with E-state index in [2.05, 4.69) is 165 Å². The molecule has 0 unspecified atom stereocenters. The van der Waals surface area contributed by atoms with Gasteiger partial charge in [0.2, 0.25) is 0 Å². The molecule has 6 rings (SSSR count). The fourth-order valence-corrected chi connectivity index (χ4v) is 6.05. The Morgan fingerprint density at radius 2 is 1.26 bits per heavy atom. The Balaban J connectivity index is 0.000000258. The van der Waals surface area contributed by atoms with Crippen LogP contribution in [0.25, 0.3) is 27.1 Å². The second-order valence-electron chi connectivity index (χ2n) is 12.8. The van der Waals surface area contributed by atoms with Crippen LogP contribution in [0.1, 0.15) is 75.8 Å². The van der Waals surface area contributed by atoms with E-state index in [0.29, 0.717) is 0 Å². The van der Waals surface area contributed by atoms with Gasteiger partial charge in [0.05, 0.1) is 0 Å². The molecule has 0 nitrogen and oxygen atoms in total. The SMILES string of the molecule is CC(C)(C)c1ccc2c(c1)[cH-]c1c(C3=CC=CC3)c(C(C)(C)C)ccc12.[Cl-].[Cl-].[Ti+2]=[C](c1ccccc1)c1ccccc1. The van der Waals surface area contributed by atoms with Crippen LogP contribution in [-0.2, 0) is 30.8 Å².